The highest BCUT2D eigenvalue weighted by Crippen LogP contribution is 2.24. The van der Waals surface area contributed by atoms with Crippen LogP contribution in [0.1, 0.15) is 51.0 Å². The number of para-hydroxylation sites is 1. The van der Waals surface area contributed by atoms with Gasteiger partial charge in [-0.1, -0.05) is 69.4 Å². The summed E-state index contributed by atoms with van der Waals surface area (Å²) in [5.41, 5.74) is 3.67. The molecular formula is C21H25N. The molecule has 0 amide bonds. The first-order valence-corrected chi connectivity index (χ1v) is 8.66. The average Bonchev–Trinajstić information content (AvgIpc) is 2.56. The van der Waals surface area contributed by atoms with Gasteiger partial charge in [0.2, 0.25) is 0 Å². The number of aryl methyl sites for hydroxylation is 1. The van der Waals surface area contributed by atoms with Gasteiger partial charge < -0.3 is 0 Å². The summed E-state index contributed by atoms with van der Waals surface area (Å²) in [4.78, 5) is 4.81. The minimum absolute atomic E-state index is 1.09. The summed E-state index contributed by atoms with van der Waals surface area (Å²) in [6.07, 6.45) is 9.26. The van der Waals surface area contributed by atoms with Crippen LogP contribution in [0.2, 0.25) is 0 Å². The number of fused-ring (bicyclic) bond motifs is 2. The quantitative estimate of drug-likeness (QED) is 0.368. The van der Waals surface area contributed by atoms with E-state index in [1.807, 2.05) is 0 Å². The third-order valence-electron chi connectivity index (χ3n) is 4.45. The van der Waals surface area contributed by atoms with Crippen molar-refractivity contribution in [2.45, 2.75) is 51.9 Å². The molecule has 0 saturated carbocycles. The predicted octanol–water partition coefficient (Wildman–Crippen LogP) is 6.29. The lowest BCUT2D eigenvalue weighted by molar-refractivity contribution is 0.608. The van der Waals surface area contributed by atoms with Gasteiger partial charge in [-0.25, -0.2) is 4.98 Å². The SMILES string of the molecule is CCCCCCCCc1cccc2nc3ccccc3cc12. The molecule has 3 aromatic rings. The zero-order valence-electron chi connectivity index (χ0n) is 13.5. The Morgan fingerprint density at radius 3 is 2.45 bits per heavy atom. The molecule has 0 spiro atoms. The first-order valence-electron chi connectivity index (χ1n) is 8.66. The second-order valence-electron chi connectivity index (χ2n) is 6.18. The Kier molecular flexibility index (Phi) is 5.05. The highest BCUT2D eigenvalue weighted by atomic mass is 14.7. The molecule has 22 heavy (non-hydrogen) atoms. The number of benzene rings is 2. The minimum Gasteiger partial charge on any atom is -0.248 e. The topological polar surface area (TPSA) is 12.9 Å². The van der Waals surface area contributed by atoms with E-state index in [0.29, 0.717) is 0 Å². The van der Waals surface area contributed by atoms with Crippen molar-refractivity contribution in [1.29, 1.82) is 0 Å². The molecule has 1 aromatic heterocycles. The van der Waals surface area contributed by atoms with E-state index in [1.165, 1.54) is 61.3 Å². The van der Waals surface area contributed by atoms with Gasteiger partial charge in [0.1, 0.15) is 0 Å². The number of unbranched alkanes of at least 4 members (excludes halogenated alkanes) is 5. The fourth-order valence-corrected chi connectivity index (χ4v) is 3.17. The zero-order chi connectivity index (χ0) is 15.2. The van der Waals surface area contributed by atoms with Gasteiger partial charge in [0, 0.05) is 10.8 Å². The maximum absolute atomic E-state index is 4.81. The molecule has 0 N–H and O–H groups in total. The van der Waals surface area contributed by atoms with E-state index in [0.717, 1.165) is 11.0 Å². The van der Waals surface area contributed by atoms with Crippen LogP contribution >= 0.6 is 0 Å². The van der Waals surface area contributed by atoms with Gasteiger partial charge in [-0.15, -0.1) is 0 Å². The van der Waals surface area contributed by atoms with E-state index >= 15 is 0 Å². The van der Waals surface area contributed by atoms with Crippen molar-refractivity contribution in [3.8, 4) is 0 Å². The van der Waals surface area contributed by atoms with E-state index in [2.05, 4.69) is 55.5 Å². The summed E-state index contributed by atoms with van der Waals surface area (Å²) in [7, 11) is 0. The van der Waals surface area contributed by atoms with Gasteiger partial charge in [-0.05, 0) is 36.6 Å². The molecule has 0 aliphatic rings. The maximum atomic E-state index is 4.81. The van der Waals surface area contributed by atoms with Crippen molar-refractivity contribution in [2.24, 2.45) is 0 Å². The van der Waals surface area contributed by atoms with Crippen molar-refractivity contribution >= 4 is 21.8 Å². The molecule has 0 aliphatic heterocycles. The highest BCUT2D eigenvalue weighted by Gasteiger charge is 2.04. The molecule has 3 rings (SSSR count). The van der Waals surface area contributed by atoms with Crippen LogP contribution in [0.4, 0.5) is 0 Å². The number of hydrogen-bond acceptors (Lipinski definition) is 1. The lowest BCUT2D eigenvalue weighted by Crippen LogP contribution is -1.91. The van der Waals surface area contributed by atoms with E-state index in [4.69, 9.17) is 4.98 Å². The molecule has 0 aliphatic carbocycles. The lowest BCUT2D eigenvalue weighted by atomic mass is 10.00. The van der Waals surface area contributed by atoms with E-state index < -0.39 is 0 Å². The Morgan fingerprint density at radius 1 is 0.773 bits per heavy atom. The lowest BCUT2D eigenvalue weighted by Gasteiger charge is -2.08. The molecule has 2 aromatic carbocycles. The van der Waals surface area contributed by atoms with Crippen molar-refractivity contribution in [3.63, 3.8) is 0 Å². The Balaban J connectivity index is 1.76. The Hall–Kier alpha value is -1.89. The summed E-state index contributed by atoms with van der Waals surface area (Å²) in [6, 6.07) is 17.3. The van der Waals surface area contributed by atoms with E-state index in [9.17, 15) is 0 Å². The van der Waals surface area contributed by atoms with Gasteiger partial charge >= 0.3 is 0 Å². The fourth-order valence-electron chi connectivity index (χ4n) is 3.17. The minimum atomic E-state index is 1.09. The zero-order valence-corrected chi connectivity index (χ0v) is 13.5. The molecule has 0 saturated heterocycles. The predicted molar refractivity (Wildman–Crippen MR) is 96.3 cm³/mol. The van der Waals surface area contributed by atoms with Crippen LogP contribution < -0.4 is 0 Å². The van der Waals surface area contributed by atoms with Crippen LogP contribution in [-0.4, -0.2) is 4.98 Å². The summed E-state index contributed by atoms with van der Waals surface area (Å²) in [6.45, 7) is 2.27. The maximum Gasteiger partial charge on any atom is 0.0712 e. The van der Waals surface area contributed by atoms with Gasteiger partial charge in [0.15, 0.2) is 0 Å². The molecule has 0 fully saturated rings. The molecule has 0 atom stereocenters. The third kappa shape index (κ3) is 3.47. The smallest absolute Gasteiger partial charge is 0.0712 e. The third-order valence-corrected chi connectivity index (χ3v) is 4.45. The number of rotatable bonds is 7. The standard InChI is InChI=1S/C21H25N/c1-2-3-4-5-6-7-11-17-13-10-15-21-19(17)16-18-12-8-9-14-20(18)22-21/h8-10,12-16H,2-7,11H2,1H3. The number of hydrogen-bond donors (Lipinski definition) is 0. The second kappa shape index (κ2) is 7.40. The summed E-state index contributed by atoms with van der Waals surface area (Å²) in [5.74, 6) is 0. The van der Waals surface area contributed by atoms with E-state index in [-0.39, 0.29) is 0 Å². The molecule has 0 bridgehead atoms. The average molecular weight is 291 g/mol. The summed E-state index contributed by atoms with van der Waals surface area (Å²) >= 11 is 0. The number of aromatic nitrogens is 1. The van der Waals surface area contributed by atoms with Crippen LogP contribution in [0, 0.1) is 0 Å². The van der Waals surface area contributed by atoms with Gasteiger partial charge in [0.05, 0.1) is 11.0 Å². The molecule has 1 nitrogen and oxygen atoms in total. The normalized spacial score (nSPS) is 11.3. The molecule has 0 unspecified atom stereocenters. The van der Waals surface area contributed by atoms with Crippen molar-refractivity contribution in [1.82, 2.24) is 4.98 Å². The Morgan fingerprint density at radius 2 is 1.55 bits per heavy atom. The molecule has 1 heteroatoms. The van der Waals surface area contributed by atoms with Gasteiger partial charge in [-0.3, -0.25) is 0 Å². The monoisotopic (exact) mass is 291 g/mol. The Labute approximate surface area is 133 Å². The largest absolute Gasteiger partial charge is 0.248 e. The van der Waals surface area contributed by atoms with Crippen molar-refractivity contribution in [2.75, 3.05) is 0 Å². The van der Waals surface area contributed by atoms with Gasteiger partial charge in [-0.2, -0.15) is 0 Å². The van der Waals surface area contributed by atoms with Crippen LogP contribution in [0.5, 0.6) is 0 Å². The molecule has 114 valence electrons. The van der Waals surface area contributed by atoms with Crippen LogP contribution in [0.3, 0.4) is 0 Å². The first kappa shape index (κ1) is 15.0. The molecular weight excluding hydrogens is 266 g/mol. The molecule has 1 heterocycles. The highest BCUT2D eigenvalue weighted by molar-refractivity contribution is 5.94. The van der Waals surface area contributed by atoms with Crippen LogP contribution in [0.15, 0.2) is 48.5 Å². The van der Waals surface area contributed by atoms with E-state index in [1.54, 1.807) is 0 Å². The van der Waals surface area contributed by atoms with Crippen LogP contribution in [-0.2, 0) is 6.42 Å². The summed E-state index contributed by atoms with van der Waals surface area (Å²) in [5, 5.41) is 2.57. The number of nitrogens with zero attached hydrogens (tertiary/aromatic N) is 1. The van der Waals surface area contributed by atoms with Gasteiger partial charge in [0.25, 0.3) is 0 Å². The molecule has 0 radical (unpaired) electrons. The summed E-state index contributed by atoms with van der Waals surface area (Å²) < 4.78 is 0. The first-order chi connectivity index (χ1) is 10.9. The van der Waals surface area contributed by atoms with Crippen LogP contribution in [0.25, 0.3) is 21.8 Å². The number of pyridine rings is 1. The fraction of sp³-hybridized carbons (Fsp3) is 0.381. The van der Waals surface area contributed by atoms with Crippen molar-refractivity contribution in [3.05, 3.63) is 54.1 Å². The van der Waals surface area contributed by atoms with Crippen molar-refractivity contribution < 1.29 is 0 Å². The second-order valence-corrected chi connectivity index (χ2v) is 6.18. The Bertz CT molecular complexity index is 745.